The van der Waals surface area contributed by atoms with E-state index in [1.54, 1.807) is 6.33 Å². The minimum atomic E-state index is 0. The number of nitrogens with one attached hydrogen (secondary N) is 2. The van der Waals surface area contributed by atoms with E-state index in [-0.39, 0.29) is 24.0 Å². The highest BCUT2D eigenvalue weighted by Crippen LogP contribution is 2.00. The van der Waals surface area contributed by atoms with Crippen molar-refractivity contribution in [1.29, 1.82) is 0 Å². The molecule has 0 fully saturated rings. The molecule has 0 aliphatic heterocycles. The summed E-state index contributed by atoms with van der Waals surface area (Å²) < 4.78 is 7.44. The molecule has 1 aromatic rings. The number of ether oxygens (including phenoxy) is 1. The molecule has 0 aromatic carbocycles. The first-order valence-corrected chi connectivity index (χ1v) is 9.07. The Hall–Kier alpha value is -0.900. The summed E-state index contributed by atoms with van der Waals surface area (Å²) >= 11 is 0. The van der Waals surface area contributed by atoms with Gasteiger partial charge in [-0.15, -0.1) is 34.2 Å². The van der Waals surface area contributed by atoms with E-state index < -0.39 is 0 Å². The van der Waals surface area contributed by atoms with Gasteiger partial charge in [0.05, 0.1) is 0 Å². The number of hydrogen-bond donors (Lipinski definition) is 2. The number of aryl methyl sites for hydroxylation is 1. The molecule has 0 aliphatic rings. The van der Waals surface area contributed by atoms with Crippen LogP contribution in [0.2, 0.25) is 0 Å². The Morgan fingerprint density at radius 1 is 1.32 bits per heavy atom. The van der Waals surface area contributed by atoms with E-state index in [0.717, 1.165) is 57.5 Å². The van der Waals surface area contributed by atoms with Crippen LogP contribution >= 0.6 is 24.0 Å². The lowest BCUT2D eigenvalue weighted by Crippen LogP contribution is -2.45. The van der Waals surface area contributed by atoms with Gasteiger partial charge in [-0.25, -0.2) is 0 Å². The minimum absolute atomic E-state index is 0. The van der Waals surface area contributed by atoms with E-state index >= 15 is 0 Å². The van der Waals surface area contributed by atoms with Crippen molar-refractivity contribution >= 4 is 29.9 Å². The van der Waals surface area contributed by atoms with Crippen LogP contribution in [0, 0.1) is 5.92 Å². The molecule has 2 N–H and O–H groups in total. The molecular weight excluding hydrogens is 431 g/mol. The average molecular weight is 466 g/mol. The third-order valence-corrected chi connectivity index (χ3v) is 3.94. The van der Waals surface area contributed by atoms with Gasteiger partial charge in [-0.1, -0.05) is 20.8 Å². The van der Waals surface area contributed by atoms with Crippen LogP contribution < -0.4 is 10.6 Å². The molecule has 0 saturated carbocycles. The highest BCUT2D eigenvalue weighted by atomic mass is 127. The minimum Gasteiger partial charge on any atom is -0.382 e. The van der Waals surface area contributed by atoms with Crippen LogP contribution in [-0.2, 0) is 17.7 Å². The first-order chi connectivity index (χ1) is 11.6. The van der Waals surface area contributed by atoms with Crippen LogP contribution in [0.3, 0.4) is 0 Å². The second-order valence-corrected chi connectivity index (χ2v) is 6.18. The van der Waals surface area contributed by atoms with Crippen LogP contribution in [0.25, 0.3) is 0 Å². The number of rotatable bonds is 11. The van der Waals surface area contributed by atoms with Gasteiger partial charge in [0, 0.05) is 45.3 Å². The first kappa shape index (κ1) is 24.1. The maximum absolute atomic E-state index is 5.36. The van der Waals surface area contributed by atoms with Gasteiger partial charge in [-0.3, -0.25) is 4.99 Å². The number of nitrogens with zero attached hydrogens (tertiary/aromatic N) is 4. The molecule has 25 heavy (non-hydrogen) atoms. The summed E-state index contributed by atoms with van der Waals surface area (Å²) in [7, 11) is 0. The van der Waals surface area contributed by atoms with Crippen molar-refractivity contribution in [3.8, 4) is 0 Å². The van der Waals surface area contributed by atoms with Crippen LogP contribution in [0.15, 0.2) is 11.3 Å². The smallest absolute Gasteiger partial charge is 0.191 e. The molecule has 1 heterocycles. The van der Waals surface area contributed by atoms with Gasteiger partial charge in [0.2, 0.25) is 0 Å². The number of aliphatic imine (C=N–C) groups is 1. The Balaban J connectivity index is 0.00000576. The summed E-state index contributed by atoms with van der Waals surface area (Å²) in [5.74, 6) is 2.42. The largest absolute Gasteiger partial charge is 0.382 e. The highest BCUT2D eigenvalue weighted by molar-refractivity contribution is 14.0. The Morgan fingerprint density at radius 2 is 2.08 bits per heavy atom. The van der Waals surface area contributed by atoms with E-state index in [2.05, 4.69) is 58.1 Å². The molecule has 0 radical (unpaired) electrons. The molecule has 0 bridgehead atoms. The zero-order valence-corrected chi connectivity index (χ0v) is 18.6. The summed E-state index contributed by atoms with van der Waals surface area (Å²) in [4.78, 5) is 4.65. The lowest BCUT2D eigenvalue weighted by Gasteiger charge is -2.21. The van der Waals surface area contributed by atoms with Gasteiger partial charge in [0.25, 0.3) is 0 Å². The summed E-state index contributed by atoms with van der Waals surface area (Å²) in [5.41, 5.74) is 0. The van der Waals surface area contributed by atoms with Gasteiger partial charge in [0.15, 0.2) is 5.96 Å². The maximum atomic E-state index is 5.36. The Labute approximate surface area is 169 Å². The topological polar surface area (TPSA) is 76.4 Å². The fourth-order valence-electron chi connectivity index (χ4n) is 2.07. The van der Waals surface area contributed by atoms with E-state index in [1.165, 1.54) is 0 Å². The zero-order chi connectivity index (χ0) is 17.8. The predicted octanol–water partition coefficient (Wildman–Crippen LogP) is 2.46. The molecule has 146 valence electrons. The van der Waals surface area contributed by atoms with Gasteiger partial charge < -0.3 is 19.9 Å². The summed E-state index contributed by atoms with van der Waals surface area (Å²) in [5, 5.41) is 15.0. The highest BCUT2D eigenvalue weighted by Gasteiger charge is 2.09. The maximum Gasteiger partial charge on any atom is 0.191 e. The quantitative estimate of drug-likeness (QED) is 0.227. The SMILES string of the molecule is CCOCCCN=C(NCCn1cnnc1CC)NC(C)C(C)C.I. The molecule has 1 unspecified atom stereocenters. The normalized spacial score (nSPS) is 12.8. The average Bonchev–Trinajstić information content (AvgIpc) is 3.01. The standard InChI is InChI=1S/C17H34N6O.HI/c1-6-16-22-20-13-23(16)11-10-19-17(21-15(5)14(3)4)18-9-8-12-24-7-2;/h13-15H,6-12H2,1-5H3,(H2,18,19,21);1H. The van der Waals surface area contributed by atoms with Crippen molar-refractivity contribution in [2.75, 3.05) is 26.3 Å². The van der Waals surface area contributed by atoms with E-state index in [4.69, 9.17) is 4.74 Å². The molecule has 1 rings (SSSR count). The van der Waals surface area contributed by atoms with Gasteiger partial charge in [0.1, 0.15) is 12.2 Å². The second-order valence-electron chi connectivity index (χ2n) is 6.18. The van der Waals surface area contributed by atoms with Crippen molar-refractivity contribution < 1.29 is 4.74 Å². The Kier molecular flexibility index (Phi) is 13.8. The van der Waals surface area contributed by atoms with Crippen LogP contribution in [-0.4, -0.2) is 53.1 Å². The van der Waals surface area contributed by atoms with E-state index in [0.29, 0.717) is 12.0 Å². The Morgan fingerprint density at radius 3 is 2.72 bits per heavy atom. The lowest BCUT2D eigenvalue weighted by atomic mass is 10.1. The fourth-order valence-corrected chi connectivity index (χ4v) is 2.07. The monoisotopic (exact) mass is 466 g/mol. The second kappa shape index (κ2) is 14.3. The molecule has 1 atom stereocenters. The van der Waals surface area contributed by atoms with E-state index in [9.17, 15) is 0 Å². The van der Waals surface area contributed by atoms with Crippen molar-refractivity contribution in [2.24, 2.45) is 10.9 Å². The fraction of sp³-hybridized carbons (Fsp3) is 0.824. The summed E-state index contributed by atoms with van der Waals surface area (Å²) in [6.45, 7) is 14.6. The Bertz CT molecular complexity index is 477. The number of hydrogen-bond acceptors (Lipinski definition) is 4. The molecule has 0 saturated heterocycles. The molecule has 0 aliphatic carbocycles. The van der Waals surface area contributed by atoms with Crippen LogP contribution in [0.4, 0.5) is 0 Å². The van der Waals surface area contributed by atoms with Crippen molar-refractivity contribution in [1.82, 2.24) is 25.4 Å². The molecular formula is C17H35IN6O. The molecule has 8 heteroatoms. The lowest BCUT2D eigenvalue weighted by molar-refractivity contribution is 0.146. The predicted molar refractivity (Wildman–Crippen MR) is 114 cm³/mol. The molecule has 1 aromatic heterocycles. The van der Waals surface area contributed by atoms with Gasteiger partial charge in [-0.2, -0.15) is 0 Å². The van der Waals surface area contributed by atoms with E-state index in [1.807, 2.05) is 6.92 Å². The van der Waals surface area contributed by atoms with Crippen LogP contribution in [0.1, 0.15) is 46.9 Å². The van der Waals surface area contributed by atoms with Crippen LogP contribution in [0.5, 0.6) is 0 Å². The molecule has 7 nitrogen and oxygen atoms in total. The number of guanidine groups is 1. The van der Waals surface area contributed by atoms with Crippen molar-refractivity contribution in [3.05, 3.63) is 12.2 Å². The molecule has 0 amide bonds. The van der Waals surface area contributed by atoms with Crippen molar-refractivity contribution in [3.63, 3.8) is 0 Å². The first-order valence-electron chi connectivity index (χ1n) is 9.07. The number of halogens is 1. The van der Waals surface area contributed by atoms with Crippen molar-refractivity contribution in [2.45, 2.75) is 60.0 Å². The zero-order valence-electron chi connectivity index (χ0n) is 16.3. The third kappa shape index (κ3) is 9.98. The third-order valence-electron chi connectivity index (χ3n) is 3.94. The van der Waals surface area contributed by atoms with Gasteiger partial charge >= 0.3 is 0 Å². The summed E-state index contributed by atoms with van der Waals surface area (Å²) in [6.07, 6.45) is 3.60. The summed E-state index contributed by atoms with van der Waals surface area (Å²) in [6, 6.07) is 0.365. The number of aromatic nitrogens is 3. The van der Waals surface area contributed by atoms with Gasteiger partial charge in [-0.05, 0) is 26.2 Å². The molecule has 0 spiro atoms.